The van der Waals surface area contributed by atoms with Crippen LogP contribution in [-0.4, -0.2) is 26.8 Å². The molecular formula is C9H20N2O2S. The van der Waals surface area contributed by atoms with Gasteiger partial charge in [0.1, 0.15) is 0 Å². The zero-order valence-electron chi connectivity index (χ0n) is 8.70. The van der Waals surface area contributed by atoms with Gasteiger partial charge in [0, 0.05) is 12.6 Å². The molecule has 1 fully saturated rings. The van der Waals surface area contributed by atoms with E-state index in [4.69, 9.17) is 5.14 Å². The second-order valence-corrected chi connectivity index (χ2v) is 5.99. The zero-order chi connectivity index (χ0) is 10.6. The lowest BCUT2D eigenvalue weighted by atomic mass is 9.81. The number of nitrogens with one attached hydrogen (secondary N) is 1. The van der Waals surface area contributed by atoms with E-state index >= 15 is 0 Å². The van der Waals surface area contributed by atoms with E-state index in [2.05, 4.69) is 12.2 Å². The smallest absolute Gasteiger partial charge is 0.210 e. The fraction of sp³-hybridized carbons (Fsp3) is 1.00. The molecule has 4 nitrogen and oxygen atoms in total. The van der Waals surface area contributed by atoms with Crippen LogP contribution in [0.1, 0.15) is 32.6 Å². The summed E-state index contributed by atoms with van der Waals surface area (Å²) in [4.78, 5) is 0. The summed E-state index contributed by atoms with van der Waals surface area (Å²) in [5.41, 5.74) is 0. The van der Waals surface area contributed by atoms with Crippen LogP contribution in [0.15, 0.2) is 0 Å². The summed E-state index contributed by atoms with van der Waals surface area (Å²) in [6, 6.07) is 0.405. The van der Waals surface area contributed by atoms with Crippen molar-refractivity contribution in [1.82, 2.24) is 5.32 Å². The molecule has 5 heteroatoms. The Kier molecular flexibility index (Phi) is 4.34. The molecule has 0 bridgehead atoms. The lowest BCUT2D eigenvalue weighted by Crippen LogP contribution is -2.35. The Morgan fingerprint density at radius 2 is 2.14 bits per heavy atom. The minimum Gasteiger partial charge on any atom is -0.313 e. The first-order valence-electron chi connectivity index (χ1n) is 5.21. The molecule has 84 valence electrons. The molecule has 3 N–H and O–H groups in total. The quantitative estimate of drug-likeness (QED) is 0.682. The zero-order valence-corrected chi connectivity index (χ0v) is 9.52. The molecule has 1 aliphatic carbocycles. The van der Waals surface area contributed by atoms with E-state index in [0.29, 0.717) is 12.6 Å². The van der Waals surface area contributed by atoms with Crippen molar-refractivity contribution in [3.63, 3.8) is 0 Å². The molecule has 0 aliphatic heterocycles. The van der Waals surface area contributed by atoms with Crippen molar-refractivity contribution in [2.75, 3.05) is 12.3 Å². The standard InChI is InChI=1S/C9H20N2O2S/c1-8(7-9-3-2-4-9)11-5-6-14(10,12)13/h8-9,11H,2-7H2,1H3,(H2,10,12,13). The first kappa shape index (κ1) is 11.9. The molecule has 0 amide bonds. The van der Waals surface area contributed by atoms with Crippen LogP contribution >= 0.6 is 0 Å². The summed E-state index contributed by atoms with van der Waals surface area (Å²) in [5, 5.41) is 8.07. The average Bonchev–Trinajstić information content (AvgIpc) is 1.94. The molecule has 0 radical (unpaired) electrons. The van der Waals surface area contributed by atoms with Crippen molar-refractivity contribution >= 4 is 10.0 Å². The van der Waals surface area contributed by atoms with E-state index in [9.17, 15) is 8.42 Å². The van der Waals surface area contributed by atoms with Crippen molar-refractivity contribution in [1.29, 1.82) is 0 Å². The average molecular weight is 220 g/mol. The summed E-state index contributed by atoms with van der Waals surface area (Å²) in [6.07, 6.45) is 5.18. The van der Waals surface area contributed by atoms with Crippen LogP contribution in [0.25, 0.3) is 0 Å². The number of sulfonamides is 1. The van der Waals surface area contributed by atoms with Gasteiger partial charge in [0.25, 0.3) is 0 Å². The predicted molar refractivity (Wildman–Crippen MR) is 57.4 cm³/mol. The van der Waals surface area contributed by atoms with E-state index in [0.717, 1.165) is 12.3 Å². The van der Waals surface area contributed by atoms with Crippen LogP contribution in [-0.2, 0) is 10.0 Å². The van der Waals surface area contributed by atoms with Gasteiger partial charge in [0.2, 0.25) is 10.0 Å². The third-order valence-electron chi connectivity index (χ3n) is 2.79. The number of hydrogen-bond acceptors (Lipinski definition) is 3. The fourth-order valence-corrected chi connectivity index (χ4v) is 2.16. The normalized spacial score (nSPS) is 20.4. The predicted octanol–water partition coefficient (Wildman–Crippen LogP) is 0.443. The fourth-order valence-electron chi connectivity index (χ4n) is 1.76. The summed E-state index contributed by atoms with van der Waals surface area (Å²) in [5.74, 6) is 0.883. The van der Waals surface area contributed by atoms with Gasteiger partial charge in [-0.15, -0.1) is 0 Å². The van der Waals surface area contributed by atoms with Crippen molar-refractivity contribution < 1.29 is 8.42 Å². The maximum Gasteiger partial charge on any atom is 0.210 e. The molecule has 0 heterocycles. The highest BCUT2D eigenvalue weighted by Gasteiger charge is 2.19. The molecule has 0 spiro atoms. The van der Waals surface area contributed by atoms with Crippen LogP contribution in [0.2, 0.25) is 0 Å². The highest BCUT2D eigenvalue weighted by atomic mass is 32.2. The van der Waals surface area contributed by atoms with Crippen molar-refractivity contribution in [3.8, 4) is 0 Å². The summed E-state index contributed by atoms with van der Waals surface area (Å²) in [7, 11) is -3.30. The van der Waals surface area contributed by atoms with Crippen molar-refractivity contribution in [2.45, 2.75) is 38.6 Å². The topological polar surface area (TPSA) is 72.2 Å². The van der Waals surface area contributed by atoms with Crippen molar-refractivity contribution in [3.05, 3.63) is 0 Å². The molecular weight excluding hydrogens is 200 g/mol. The maximum absolute atomic E-state index is 10.6. The van der Waals surface area contributed by atoms with Crippen LogP contribution < -0.4 is 10.5 Å². The lowest BCUT2D eigenvalue weighted by Gasteiger charge is -2.28. The Hall–Kier alpha value is -0.130. The number of hydrogen-bond donors (Lipinski definition) is 2. The molecule has 0 aromatic rings. The first-order valence-corrected chi connectivity index (χ1v) is 6.93. The van der Waals surface area contributed by atoms with Gasteiger partial charge in [-0.1, -0.05) is 19.3 Å². The SMILES string of the molecule is CC(CC1CCC1)NCCS(N)(=O)=O. The molecule has 1 aliphatic rings. The van der Waals surface area contributed by atoms with Gasteiger partial charge in [-0.3, -0.25) is 0 Å². The Morgan fingerprint density at radius 3 is 2.57 bits per heavy atom. The van der Waals surface area contributed by atoms with Crippen LogP contribution in [0.4, 0.5) is 0 Å². The van der Waals surface area contributed by atoms with Gasteiger partial charge in [-0.2, -0.15) is 0 Å². The van der Waals surface area contributed by atoms with E-state index < -0.39 is 10.0 Å². The van der Waals surface area contributed by atoms with Gasteiger partial charge in [-0.05, 0) is 19.3 Å². The van der Waals surface area contributed by atoms with E-state index in [1.54, 1.807) is 0 Å². The highest BCUT2D eigenvalue weighted by Crippen LogP contribution is 2.30. The van der Waals surface area contributed by atoms with Gasteiger partial charge in [0.05, 0.1) is 5.75 Å². The Balaban J connectivity index is 2.05. The van der Waals surface area contributed by atoms with E-state index in [-0.39, 0.29) is 5.75 Å². The third kappa shape index (κ3) is 4.93. The van der Waals surface area contributed by atoms with E-state index in [1.165, 1.54) is 19.3 Å². The first-order chi connectivity index (χ1) is 6.47. The Labute approximate surface area is 86.3 Å². The molecule has 0 aromatic carbocycles. The molecule has 1 rings (SSSR count). The largest absolute Gasteiger partial charge is 0.313 e. The number of rotatable bonds is 6. The second-order valence-electron chi connectivity index (χ2n) is 4.25. The van der Waals surface area contributed by atoms with Crippen molar-refractivity contribution in [2.24, 2.45) is 11.1 Å². The maximum atomic E-state index is 10.6. The van der Waals surface area contributed by atoms with Gasteiger partial charge < -0.3 is 5.32 Å². The van der Waals surface area contributed by atoms with Gasteiger partial charge in [0.15, 0.2) is 0 Å². The van der Waals surface area contributed by atoms with E-state index in [1.807, 2.05) is 0 Å². The molecule has 1 atom stereocenters. The van der Waals surface area contributed by atoms with Crippen LogP contribution in [0, 0.1) is 5.92 Å². The number of nitrogens with two attached hydrogens (primary N) is 1. The Morgan fingerprint density at radius 1 is 1.50 bits per heavy atom. The summed E-state index contributed by atoms with van der Waals surface area (Å²) in [6.45, 7) is 2.56. The molecule has 0 aromatic heterocycles. The molecule has 1 saturated carbocycles. The molecule has 1 unspecified atom stereocenters. The Bertz CT molecular complexity index is 260. The van der Waals surface area contributed by atoms with Crippen LogP contribution in [0.5, 0.6) is 0 Å². The second kappa shape index (κ2) is 5.09. The third-order valence-corrected chi connectivity index (χ3v) is 3.56. The van der Waals surface area contributed by atoms with Crippen LogP contribution in [0.3, 0.4) is 0 Å². The monoisotopic (exact) mass is 220 g/mol. The minimum atomic E-state index is -3.30. The summed E-state index contributed by atoms with van der Waals surface area (Å²) < 4.78 is 21.3. The summed E-state index contributed by atoms with van der Waals surface area (Å²) >= 11 is 0. The number of primary sulfonamides is 1. The van der Waals surface area contributed by atoms with Gasteiger partial charge in [-0.25, -0.2) is 13.6 Å². The highest BCUT2D eigenvalue weighted by molar-refractivity contribution is 7.89. The molecule has 0 saturated heterocycles. The minimum absolute atomic E-state index is 0.0298. The molecule has 14 heavy (non-hydrogen) atoms. The lowest BCUT2D eigenvalue weighted by molar-refractivity contribution is 0.267. The van der Waals surface area contributed by atoms with Gasteiger partial charge >= 0.3 is 0 Å².